The average molecular weight is 285 g/mol. The van der Waals surface area contributed by atoms with Gasteiger partial charge in [-0.1, -0.05) is 28.1 Å². The first-order chi connectivity index (χ1) is 8.17. The molecule has 0 saturated carbocycles. The van der Waals surface area contributed by atoms with Crippen molar-refractivity contribution in [3.8, 4) is 12.1 Å². The van der Waals surface area contributed by atoms with Crippen LogP contribution in [0.25, 0.3) is 10.1 Å². The Morgan fingerprint density at radius 2 is 1.88 bits per heavy atom. The summed E-state index contributed by atoms with van der Waals surface area (Å²) in [5, 5.41) is 17.8. The Balaban J connectivity index is 2.86. The zero-order chi connectivity index (χ0) is 12.4. The molecule has 0 aliphatic heterocycles. The molecular weight excluding hydrogens is 280 g/mol. The van der Waals surface area contributed by atoms with Gasteiger partial charge < -0.3 is 0 Å². The maximum atomic E-state index is 11.4. The molecule has 0 radical (unpaired) electrons. The Morgan fingerprint density at radius 1 is 1.18 bits per heavy atom. The van der Waals surface area contributed by atoms with Crippen LogP contribution in [-0.2, 0) is 0 Å². The van der Waals surface area contributed by atoms with Gasteiger partial charge in [0.15, 0.2) is 5.43 Å². The summed E-state index contributed by atoms with van der Waals surface area (Å²) < 4.78 is 0.707. The van der Waals surface area contributed by atoms with Crippen molar-refractivity contribution < 1.29 is 0 Å². The molecule has 0 fully saturated rings. The van der Waals surface area contributed by atoms with Crippen LogP contribution in [0.2, 0.25) is 0 Å². The highest BCUT2D eigenvalue weighted by atomic mass is 79.9. The van der Waals surface area contributed by atoms with Crippen LogP contribution >= 0.6 is 15.9 Å². The van der Waals surface area contributed by atoms with Gasteiger partial charge in [-0.3, -0.25) is 4.79 Å². The number of halogens is 1. The second-order valence-electron chi connectivity index (χ2n) is 3.40. The third kappa shape index (κ3) is 1.91. The Hall–Kier alpha value is -2.17. The van der Waals surface area contributed by atoms with Gasteiger partial charge in [0, 0.05) is 15.6 Å². The van der Waals surface area contributed by atoms with Gasteiger partial charge in [-0.25, -0.2) is 0 Å². The summed E-state index contributed by atoms with van der Waals surface area (Å²) in [5.74, 6) is 0. The molecule has 3 nitrogen and oxygen atoms in total. The SMILES string of the molecule is N#CC(C#N)=C1C=C(Br)c2cc(=O)cccc21. The van der Waals surface area contributed by atoms with Gasteiger partial charge in [-0.05, 0) is 23.8 Å². The number of fused-ring (bicyclic) bond motifs is 1. The highest BCUT2D eigenvalue weighted by Crippen LogP contribution is 2.38. The van der Waals surface area contributed by atoms with Crippen molar-refractivity contribution in [2.45, 2.75) is 0 Å². The molecule has 2 rings (SSSR count). The summed E-state index contributed by atoms with van der Waals surface area (Å²) in [6.07, 6.45) is 1.69. The smallest absolute Gasteiger partial charge is 0.179 e. The van der Waals surface area contributed by atoms with Crippen molar-refractivity contribution in [3.05, 3.63) is 57.3 Å². The van der Waals surface area contributed by atoms with E-state index in [1.54, 1.807) is 18.2 Å². The van der Waals surface area contributed by atoms with Crippen molar-refractivity contribution in [2.24, 2.45) is 0 Å². The third-order valence-electron chi connectivity index (χ3n) is 2.41. The predicted molar refractivity (Wildman–Crippen MR) is 67.8 cm³/mol. The van der Waals surface area contributed by atoms with Crippen LogP contribution in [0.4, 0.5) is 0 Å². The van der Waals surface area contributed by atoms with Crippen LogP contribution in [-0.4, -0.2) is 0 Å². The first-order valence-electron chi connectivity index (χ1n) is 4.74. The van der Waals surface area contributed by atoms with Gasteiger partial charge >= 0.3 is 0 Å². The lowest BCUT2D eigenvalue weighted by Gasteiger charge is -1.96. The topological polar surface area (TPSA) is 64.7 Å². The standard InChI is InChI=1S/C13H5BrN2O/c14-13-5-11(8(6-15)7-16)10-3-1-2-9(17)4-12(10)13/h1-5H. The average Bonchev–Trinajstić information content (AvgIpc) is 2.51. The van der Waals surface area contributed by atoms with E-state index in [4.69, 9.17) is 10.5 Å². The van der Waals surface area contributed by atoms with Crippen molar-refractivity contribution in [1.82, 2.24) is 0 Å². The number of allylic oxidation sites excluding steroid dienone is 3. The summed E-state index contributed by atoms with van der Waals surface area (Å²) >= 11 is 3.33. The molecule has 1 aromatic rings. The highest BCUT2D eigenvalue weighted by molar-refractivity contribution is 9.15. The predicted octanol–water partition coefficient (Wildman–Crippen LogP) is 2.60. The first kappa shape index (κ1) is 11.3. The van der Waals surface area contributed by atoms with Gasteiger partial charge in [0.2, 0.25) is 0 Å². The van der Waals surface area contributed by atoms with E-state index in [9.17, 15) is 4.79 Å². The fourth-order valence-corrected chi connectivity index (χ4v) is 2.22. The van der Waals surface area contributed by atoms with E-state index in [0.29, 0.717) is 15.6 Å². The van der Waals surface area contributed by atoms with E-state index in [2.05, 4.69) is 15.9 Å². The van der Waals surface area contributed by atoms with Crippen LogP contribution in [0.5, 0.6) is 0 Å². The highest BCUT2D eigenvalue weighted by Gasteiger charge is 2.19. The minimum atomic E-state index is -0.117. The van der Waals surface area contributed by atoms with E-state index >= 15 is 0 Å². The van der Waals surface area contributed by atoms with Crippen LogP contribution in [0, 0.1) is 22.7 Å². The lowest BCUT2D eigenvalue weighted by molar-refractivity contribution is 1.46. The molecule has 0 heterocycles. The maximum Gasteiger partial charge on any atom is 0.179 e. The normalized spacial score (nSPS) is 12.2. The second kappa shape index (κ2) is 4.37. The van der Waals surface area contributed by atoms with E-state index in [1.165, 1.54) is 12.1 Å². The van der Waals surface area contributed by atoms with Crippen LogP contribution < -0.4 is 5.43 Å². The largest absolute Gasteiger partial charge is 0.290 e. The number of nitrogens with zero attached hydrogens (tertiary/aromatic N) is 2. The summed E-state index contributed by atoms with van der Waals surface area (Å²) in [4.78, 5) is 11.4. The quantitative estimate of drug-likeness (QED) is 0.688. The molecule has 1 aromatic carbocycles. The number of hydrogen-bond acceptors (Lipinski definition) is 3. The molecule has 0 N–H and O–H groups in total. The fourth-order valence-electron chi connectivity index (χ4n) is 1.66. The molecule has 0 saturated heterocycles. The van der Waals surface area contributed by atoms with Crippen LogP contribution in [0.3, 0.4) is 0 Å². The Bertz CT molecular complexity index is 687. The molecule has 0 spiro atoms. The minimum absolute atomic E-state index is 0.0411. The molecule has 0 unspecified atom stereocenters. The molecule has 0 aromatic heterocycles. The zero-order valence-corrected chi connectivity index (χ0v) is 10.2. The molecule has 0 amide bonds. The second-order valence-corrected chi connectivity index (χ2v) is 4.26. The van der Waals surface area contributed by atoms with Gasteiger partial charge in [0.25, 0.3) is 0 Å². The van der Waals surface area contributed by atoms with Gasteiger partial charge in [0.1, 0.15) is 17.7 Å². The van der Waals surface area contributed by atoms with Gasteiger partial charge in [-0.15, -0.1) is 0 Å². The third-order valence-corrected chi connectivity index (χ3v) is 3.07. The molecule has 0 bridgehead atoms. The number of nitriles is 2. The lowest BCUT2D eigenvalue weighted by Crippen LogP contribution is -1.91. The summed E-state index contributed by atoms with van der Waals surface area (Å²) in [6.45, 7) is 0. The molecule has 1 aliphatic rings. The lowest BCUT2D eigenvalue weighted by atomic mass is 10.0. The van der Waals surface area contributed by atoms with E-state index in [0.717, 1.165) is 5.56 Å². The molecule has 0 atom stereocenters. The van der Waals surface area contributed by atoms with Gasteiger partial charge in [0.05, 0.1) is 0 Å². The minimum Gasteiger partial charge on any atom is -0.290 e. The number of hydrogen-bond donors (Lipinski definition) is 0. The van der Waals surface area contributed by atoms with Crippen molar-refractivity contribution in [3.63, 3.8) is 0 Å². The van der Waals surface area contributed by atoms with Crippen LogP contribution in [0.15, 0.2) is 40.7 Å². The molecule has 1 aliphatic carbocycles. The number of rotatable bonds is 0. The van der Waals surface area contributed by atoms with Crippen molar-refractivity contribution >= 4 is 26.0 Å². The Labute approximate surface area is 106 Å². The summed E-state index contributed by atoms with van der Waals surface area (Å²) in [7, 11) is 0. The van der Waals surface area contributed by atoms with Crippen molar-refractivity contribution in [2.75, 3.05) is 0 Å². The van der Waals surface area contributed by atoms with Crippen LogP contribution in [0.1, 0.15) is 11.1 Å². The molecule has 80 valence electrons. The van der Waals surface area contributed by atoms with Crippen molar-refractivity contribution in [1.29, 1.82) is 10.5 Å². The Kier molecular flexibility index (Phi) is 2.91. The monoisotopic (exact) mass is 284 g/mol. The molecule has 4 heteroatoms. The van der Waals surface area contributed by atoms with Gasteiger partial charge in [-0.2, -0.15) is 10.5 Å². The maximum absolute atomic E-state index is 11.4. The summed E-state index contributed by atoms with van der Waals surface area (Å²) in [6, 6.07) is 9.98. The Morgan fingerprint density at radius 3 is 2.53 bits per heavy atom. The fraction of sp³-hybridized carbons (Fsp3) is 0. The zero-order valence-electron chi connectivity index (χ0n) is 8.57. The summed E-state index contributed by atoms with van der Waals surface area (Å²) in [5.41, 5.74) is 1.90. The van der Waals surface area contributed by atoms with E-state index < -0.39 is 0 Å². The first-order valence-corrected chi connectivity index (χ1v) is 5.53. The van der Waals surface area contributed by atoms with E-state index in [1.807, 2.05) is 12.1 Å². The molecule has 17 heavy (non-hydrogen) atoms. The molecular formula is C13H5BrN2O. The van der Waals surface area contributed by atoms with E-state index in [-0.39, 0.29) is 11.0 Å².